The molecule has 0 aliphatic heterocycles. The highest BCUT2D eigenvalue weighted by molar-refractivity contribution is 9.10. The summed E-state index contributed by atoms with van der Waals surface area (Å²) in [5.41, 5.74) is 0. The lowest BCUT2D eigenvalue weighted by atomic mass is 10.2. The fourth-order valence-electron chi connectivity index (χ4n) is 1.52. The van der Waals surface area contributed by atoms with Gasteiger partial charge in [0.1, 0.15) is 5.75 Å². The van der Waals surface area contributed by atoms with Gasteiger partial charge in [0, 0.05) is 4.47 Å². The van der Waals surface area contributed by atoms with E-state index in [-0.39, 0.29) is 6.10 Å². The van der Waals surface area contributed by atoms with Crippen LogP contribution < -0.4 is 10.1 Å². The first-order valence-electron chi connectivity index (χ1n) is 5.85. The van der Waals surface area contributed by atoms with Crippen LogP contribution in [0.25, 0.3) is 0 Å². The van der Waals surface area contributed by atoms with E-state index in [1.54, 1.807) is 0 Å². The van der Waals surface area contributed by atoms with Gasteiger partial charge in [-0.3, -0.25) is 0 Å². The van der Waals surface area contributed by atoms with Crippen molar-refractivity contribution in [3.8, 4) is 5.75 Å². The molecule has 90 valence electrons. The first-order chi connectivity index (χ1) is 7.72. The summed E-state index contributed by atoms with van der Waals surface area (Å²) in [4.78, 5) is 0. The number of rotatable bonds is 7. The molecule has 0 fully saturated rings. The number of nitrogens with one attached hydrogen (secondary N) is 1. The monoisotopic (exact) mass is 285 g/mol. The molecule has 0 saturated heterocycles. The van der Waals surface area contributed by atoms with Gasteiger partial charge in [0.2, 0.25) is 0 Å². The molecule has 0 saturated carbocycles. The molecule has 0 aliphatic carbocycles. The van der Waals surface area contributed by atoms with Crippen molar-refractivity contribution < 1.29 is 4.74 Å². The minimum atomic E-state index is 0.271. The van der Waals surface area contributed by atoms with Gasteiger partial charge in [-0.05, 0) is 51.1 Å². The smallest absolute Gasteiger partial charge is 0.120 e. The third-order valence-electron chi connectivity index (χ3n) is 2.35. The Morgan fingerprint density at radius 1 is 1.44 bits per heavy atom. The summed E-state index contributed by atoms with van der Waals surface area (Å²) in [5, 5.41) is 3.31. The second-order valence-electron chi connectivity index (χ2n) is 3.88. The van der Waals surface area contributed by atoms with Gasteiger partial charge in [-0.15, -0.1) is 0 Å². The van der Waals surface area contributed by atoms with Crippen LogP contribution >= 0.6 is 15.9 Å². The van der Waals surface area contributed by atoms with Crippen molar-refractivity contribution in [2.45, 2.75) is 32.8 Å². The lowest BCUT2D eigenvalue weighted by molar-refractivity contribution is 0.207. The van der Waals surface area contributed by atoms with Gasteiger partial charge in [0.05, 0.1) is 6.10 Å². The number of ether oxygens (including phenoxy) is 1. The van der Waals surface area contributed by atoms with Crippen LogP contribution in [-0.2, 0) is 0 Å². The number of hydrogen-bond donors (Lipinski definition) is 1. The summed E-state index contributed by atoms with van der Waals surface area (Å²) >= 11 is 3.44. The van der Waals surface area contributed by atoms with Crippen molar-refractivity contribution in [2.24, 2.45) is 0 Å². The minimum absolute atomic E-state index is 0.271. The SMILES string of the molecule is CCNCCCC(C)Oc1cccc(Br)c1. The molecule has 1 aromatic carbocycles. The van der Waals surface area contributed by atoms with E-state index in [4.69, 9.17) is 4.74 Å². The molecule has 16 heavy (non-hydrogen) atoms. The molecule has 1 unspecified atom stereocenters. The maximum atomic E-state index is 5.82. The minimum Gasteiger partial charge on any atom is -0.491 e. The molecule has 0 amide bonds. The van der Waals surface area contributed by atoms with Crippen molar-refractivity contribution in [3.63, 3.8) is 0 Å². The lowest BCUT2D eigenvalue weighted by Crippen LogP contribution is -2.18. The average molecular weight is 286 g/mol. The lowest BCUT2D eigenvalue weighted by Gasteiger charge is -2.14. The van der Waals surface area contributed by atoms with Gasteiger partial charge in [-0.25, -0.2) is 0 Å². The van der Waals surface area contributed by atoms with E-state index in [0.29, 0.717) is 0 Å². The third-order valence-corrected chi connectivity index (χ3v) is 2.84. The van der Waals surface area contributed by atoms with Crippen LogP contribution in [-0.4, -0.2) is 19.2 Å². The molecule has 1 atom stereocenters. The number of benzene rings is 1. The summed E-state index contributed by atoms with van der Waals surface area (Å²) in [6.07, 6.45) is 2.51. The van der Waals surface area contributed by atoms with Gasteiger partial charge >= 0.3 is 0 Å². The summed E-state index contributed by atoms with van der Waals surface area (Å²) in [7, 11) is 0. The standard InChI is InChI=1S/C13H20BrNO/c1-3-15-9-5-6-11(2)16-13-8-4-7-12(14)10-13/h4,7-8,10-11,15H,3,5-6,9H2,1-2H3. The van der Waals surface area contributed by atoms with E-state index in [2.05, 4.69) is 35.1 Å². The highest BCUT2D eigenvalue weighted by Crippen LogP contribution is 2.19. The zero-order valence-electron chi connectivity index (χ0n) is 10.0. The van der Waals surface area contributed by atoms with Crippen molar-refractivity contribution >= 4 is 15.9 Å². The highest BCUT2D eigenvalue weighted by Gasteiger charge is 2.03. The van der Waals surface area contributed by atoms with E-state index in [0.717, 1.165) is 36.2 Å². The molecule has 0 radical (unpaired) electrons. The van der Waals surface area contributed by atoms with E-state index >= 15 is 0 Å². The fourth-order valence-corrected chi connectivity index (χ4v) is 1.90. The van der Waals surface area contributed by atoms with Gasteiger partial charge in [-0.2, -0.15) is 0 Å². The molecule has 1 N–H and O–H groups in total. The Morgan fingerprint density at radius 3 is 2.94 bits per heavy atom. The molecule has 2 nitrogen and oxygen atoms in total. The zero-order chi connectivity index (χ0) is 11.8. The molecule has 0 aromatic heterocycles. The van der Waals surface area contributed by atoms with Crippen molar-refractivity contribution in [3.05, 3.63) is 28.7 Å². The van der Waals surface area contributed by atoms with Crippen LogP contribution in [0.4, 0.5) is 0 Å². The van der Waals surface area contributed by atoms with Crippen LogP contribution in [0.2, 0.25) is 0 Å². The Hall–Kier alpha value is -0.540. The highest BCUT2D eigenvalue weighted by atomic mass is 79.9. The number of hydrogen-bond acceptors (Lipinski definition) is 2. The largest absolute Gasteiger partial charge is 0.491 e. The molecule has 1 rings (SSSR count). The van der Waals surface area contributed by atoms with Crippen molar-refractivity contribution in [1.82, 2.24) is 5.32 Å². The average Bonchev–Trinajstić information content (AvgIpc) is 2.24. The molecular weight excluding hydrogens is 266 g/mol. The fraction of sp³-hybridized carbons (Fsp3) is 0.538. The normalized spacial score (nSPS) is 12.4. The van der Waals surface area contributed by atoms with Crippen LogP contribution in [0.1, 0.15) is 26.7 Å². The number of halogens is 1. The Labute approximate surface area is 107 Å². The molecule has 0 heterocycles. The maximum absolute atomic E-state index is 5.82. The van der Waals surface area contributed by atoms with E-state index in [1.807, 2.05) is 24.3 Å². The van der Waals surface area contributed by atoms with Gasteiger partial charge in [-0.1, -0.05) is 28.9 Å². The van der Waals surface area contributed by atoms with Crippen molar-refractivity contribution in [2.75, 3.05) is 13.1 Å². The summed E-state index contributed by atoms with van der Waals surface area (Å²) in [6.45, 7) is 6.36. The Kier molecular flexibility index (Phi) is 6.50. The van der Waals surface area contributed by atoms with E-state index in [9.17, 15) is 0 Å². The molecule has 0 bridgehead atoms. The molecule has 3 heteroatoms. The molecule has 1 aromatic rings. The molecule has 0 aliphatic rings. The third kappa shape index (κ3) is 5.52. The predicted molar refractivity (Wildman–Crippen MR) is 72.0 cm³/mol. The molecule has 0 spiro atoms. The Morgan fingerprint density at radius 2 is 2.25 bits per heavy atom. The summed E-state index contributed by atoms with van der Waals surface area (Å²) in [6, 6.07) is 7.99. The second-order valence-corrected chi connectivity index (χ2v) is 4.80. The maximum Gasteiger partial charge on any atom is 0.120 e. The van der Waals surface area contributed by atoms with Crippen LogP contribution in [0.15, 0.2) is 28.7 Å². The van der Waals surface area contributed by atoms with Crippen LogP contribution in [0.3, 0.4) is 0 Å². The first kappa shape index (κ1) is 13.5. The van der Waals surface area contributed by atoms with Gasteiger partial charge < -0.3 is 10.1 Å². The Balaban J connectivity index is 2.25. The van der Waals surface area contributed by atoms with Gasteiger partial charge in [0.15, 0.2) is 0 Å². The quantitative estimate of drug-likeness (QED) is 0.773. The molecular formula is C13H20BrNO. The van der Waals surface area contributed by atoms with Crippen LogP contribution in [0.5, 0.6) is 5.75 Å². The second kappa shape index (κ2) is 7.69. The zero-order valence-corrected chi connectivity index (χ0v) is 11.6. The van der Waals surface area contributed by atoms with Gasteiger partial charge in [0.25, 0.3) is 0 Å². The van der Waals surface area contributed by atoms with E-state index in [1.165, 1.54) is 0 Å². The van der Waals surface area contributed by atoms with Crippen LogP contribution in [0, 0.1) is 0 Å². The predicted octanol–water partition coefficient (Wildman–Crippen LogP) is 3.61. The Bertz CT molecular complexity index is 304. The van der Waals surface area contributed by atoms with Crippen molar-refractivity contribution in [1.29, 1.82) is 0 Å². The summed E-state index contributed by atoms with van der Waals surface area (Å²) < 4.78 is 6.88. The first-order valence-corrected chi connectivity index (χ1v) is 6.64. The topological polar surface area (TPSA) is 21.3 Å². The summed E-state index contributed by atoms with van der Waals surface area (Å²) in [5.74, 6) is 0.935. The van der Waals surface area contributed by atoms with E-state index < -0.39 is 0 Å².